The molecule has 29 heavy (non-hydrogen) atoms. The normalized spacial score (nSPS) is 11.3. The summed E-state index contributed by atoms with van der Waals surface area (Å²) in [6.07, 6.45) is 0. The fourth-order valence-electron chi connectivity index (χ4n) is 2.93. The topological polar surface area (TPSA) is 68.8 Å². The number of ether oxygens (including phenoxy) is 3. The Morgan fingerprint density at radius 3 is 2.03 bits per heavy atom. The zero-order valence-electron chi connectivity index (χ0n) is 16.6. The molecule has 0 saturated carbocycles. The lowest BCUT2D eigenvalue weighted by Crippen LogP contribution is -2.27. The third-order valence-electron chi connectivity index (χ3n) is 4.45. The van der Waals surface area contributed by atoms with E-state index in [-0.39, 0.29) is 5.91 Å². The molecule has 0 aliphatic rings. The molecule has 1 atom stereocenters. The van der Waals surface area contributed by atoms with Crippen LogP contribution in [0.4, 0.5) is 11.4 Å². The lowest BCUT2D eigenvalue weighted by Gasteiger charge is -2.21. The first-order valence-electron chi connectivity index (χ1n) is 9.13. The lowest BCUT2D eigenvalue weighted by molar-refractivity contribution is -0.117. The minimum atomic E-state index is -0.601. The second kappa shape index (κ2) is 9.50. The van der Waals surface area contributed by atoms with Gasteiger partial charge in [-0.3, -0.25) is 4.79 Å². The molecule has 0 aromatic heterocycles. The van der Waals surface area contributed by atoms with Crippen molar-refractivity contribution in [1.82, 2.24) is 0 Å². The molecule has 150 valence electrons. The molecule has 0 heterocycles. The molecule has 1 amide bonds. The fraction of sp³-hybridized carbons (Fsp3) is 0.174. The highest BCUT2D eigenvalue weighted by Gasteiger charge is 2.21. The number of amides is 1. The molecule has 3 aromatic rings. The maximum Gasteiger partial charge on any atom is 0.251 e. The van der Waals surface area contributed by atoms with Crippen molar-refractivity contribution in [3.63, 3.8) is 0 Å². The number of nitrogens with one attached hydrogen (secondary N) is 2. The number of benzene rings is 3. The Balaban J connectivity index is 1.85. The van der Waals surface area contributed by atoms with E-state index in [0.29, 0.717) is 17.2 Å². The van der Waals surface area contributed by atoms with Crippen LogP contribution in [-0.2, 0) is 4.79 Å². The molecule has 0 radical (unpaired) electrons. The highest BCUT2D eigenvalue weighted by Crippen LogP contribution is 2.31. The van der Waals surface area contributed by atoms with E-state index in [4.69, 9.17) is 14.2 Å². The Morgan fingerprint density at radius 1 is 0.759 bits per heavy atom. The van der Waals surface area contributed by atoms with Gasteiger partial charge in [0.25, 0.3) is 5.91 Å². The molecular formula is C23H24N2O4. The molecule has 0 aliphatic carbocycles. The maximum atomic E-state index is 13.1. The van der Waals surface area contributed by atoms with E-state index in [1.165, 1.54) is 0 Å². The largest absolute Gasteiger partial charge is 0.497 e. The summed E-state index contributed by atoms with van der Waals surface area (Å²) in [5, 5.41) is 6.24. The van der Waals surface area contributed by atoms with E-state index in [0.717, 1.165) is 17.0 Å². The van der Waals surface area contributed by atoms with Gasteiger partial charge in [-0.1, -0.05) is 30.3 Å². The quantitative estimate of drug-likeness (QED) is 0.591. The van der Waals surface area contributed by atoms with Crippen molar-refractivity contribution < 1.29 is 19.0 Å². The van der Waals surface area contributed by atoms with Crippen molar-refractivity contribution in [1.29, 1.82) is 0 Å². The monoisotopic (exact) mass is 392 g/mol. The lowest BCUT2D eigenvalue weighted by atomic mass is 10.1. The van der Waals surface area contributed by atoms with Crippen molar-refractivity contribution in [2.45, 2.75) is 6.04 Å². The van der Waals surface area contributed by atoms with Gasteiger partial charge in [0.1, 0.15) is 11.8 Å². The smallest absolute Gasteiger partial charge is 0.251 e. The van der Waals surface area contributed by atoms with E-state index >= 15 is 0 Å². The molecule has 0 bridgehead atoms. The van der Waals surface area contributed by atoms with Crippen LogP contribution in [0.15, 0.2) is 72.8 Å². The summed E-state index contributed by atoms with van der Waals surface area (Å²) >= 11 is 0. The predicted octanol–water partition coefficient (Wildman–Crippen LogP) is 4.50. The Hall–Kier alpha value is -3.67. The summed E-state index contributed by atoms with van der Waals surface area (Å²) in [5.74, 6) is 1.75. The number of hydrogen-bond donors (Lipinski definition) is 2. The summed E-state index contributed by atoms with van der Waals surface area (Å²) in [6, 6.07) is 21.6. The summed E-state index contributed by atoms with van der Waals surface area (Å²) in [4.78, 5) is 13.1. The van der Waals surface area contributed by atoms with Crippen LogP contribution in [0.2, 0.25) is 0 Å². The SMILES string of the molecule is COc1ccc(NC(=O)C(Nc2ccc(OC)c(OC)c2)c2ccccc2)cc1. The highest BCUT2D eigenvalue weighted by atomic mass is 16.5. The van der Waals surface area contributed by atoms with Gasteiger partial charge in [0.2, 0.25) is 0 Å². The molecule has 6 nitrogen and oxygen atoms in total. The highest BCUT2D eigenvalue weighted by molar-refractivity contribution is 5.97. The number of rotatable bonds is 8. The van der Waals surface area contributed by atoms with Gasteiger partial charge in [0.05, 0.1) is 21.3 Å². The van der Waals surface area contributed by atoms with Crippen LogP contribution in [0.5, 0.6) is 17.2 Å². The van der Waals surface area contributed by atoms with Crippen LogP contribution < -0.4 is 24.8 Å². The first-order chi connectivity index (χ1) is 14.1. The number of hydrogen-bond acceptors (Lipinski definition) is 5. The molecule has 0 saturated heterocycles. The van der Waals surface area contributed by atoms with Crippen molar-refractivity contribution in [3.8, 4) is 17.2 Å². The van der Waals surface area contributed by atoms with Crippen LogP contribution in [-0.4, -0.2) is 27.2 Å². The van der Waals surface area contributed by atoms with E-state index in [1.54, 1.807) is 57.7 Å². The van der Waals surface area contributed by atoms with Crippen LogP contribution in [0.3, 0.4) is 0 Å². The van der Waals surface area contributed by atoms with Crippen molar-refractivity contribution >= 4 is 17.3 Å². The Morgan fingerprint density at radius 2 is 1.41 bits per heavy atom. The summed E-state index contributed by atoms with van der Waals surface area (Å²) in [5.41, 5.74) is 2.26. The zero-order chi connectivity index (χ0) is 20.6. The number of carbonyl (C=O) groups excluding carboxylic acids is 1. The van der Waals surface area contributed by atoms with Gasteiger partial charge in [-0.25, -0.2) is 0 Å². The second-order valence-corrected chi connectivity index (χ2v) is 6.28. The van der Waals surface area contributed by atoms with Gasteiger partial charge < -0.3 is 24.8 Å². The van der Waals surface area contributed by atoms with E-state index < -0.39 is 6.04 Å². The predicted molar refractivity (Wildman–Crippen MR) is 114 cm³/mol. The molecule has 0 aliphatic heterocycles. The van der Waals surface area contributed by atoms with Crippen LogP contribution in [0.1, 0.15) is 11.6 Å². The molecule has 3 aromatic carbocycles. The Kier molecular flexibility index (Phi) is 6.58. The van der Waals surface area contributed by atoms with Crippen LogP contribution in [0, 0.1) is 0 Å². The summed E-state index contributed by atoms with van der Waals surface area (Å²) in [7, 11) is 4.76. The van der Waals surface area contributed by atoms with Gasteiger partial charge in [0, 0.05) is 17.4 Å². The minimum absolute atomic E-state index is 0.184. The van der Waals surface area contributed by atoms with Crippen molar-refractivity contribution in [2.24, 2.45) is 0 Å². The van der Waals surface area contributed by atoms with Crippen LogP contribution >= 0.6 is 0 Å². The van der Waals surface area contributed by atoms with Crippen molar-refractivity contribution in [2.75, 3.05) is 32.0 Å². The molecule has 2 N–H and O–H groups in total. The number of anilines is 2. The third kappa shape index (κ3) is 4.99. The molecule has 0 spiro atoms. The first kappa shape index (κ1) is 20.1. The zero-order valence-corrected chi connectivity index (χ0v) is 16.6. The van der Waals surface area contributed by atoms with E-state index in [1.807, 2.05) is 36.4 Å². The third-order valence-corrected chi connectivity index (χ3v) is 4.45. The van der Waals surface area contributed by atoms with E-state index in [2.05, 4.69) is 10.6 Å². The van der Waals surface area contributed by atoms with Gasteiger partial charge in [-0.15, -0.1) is 0 Å². The molecule has 0 fully saturated rings. The van der Waals surface area contributed by atoms with Crippen molar-refractivity contribution in [3.05, 3.63) is 78.4 Å². The molecule has 6 heteroatoms. The van der Waals surface area contributed by atoms with Crippen LogP contribution in [0.25, 0.3) is 0 Å². The summed E-state index contributed by atoms with van der Waals surface area (Å²) < 4.78 is 15.8. The average Bonchev–Trinajstić information content (AvgIpc) is 2.78. The maximum absolute atomic E-state index is 13.1. The van der Waals surface area contributed by atoms with Gasteiger partial charge in [-0.2, -0.15) is 0 Å². The standard InChI is InChI=1S/C23H24N2O4/c1-27-19-12-9-17(10-13-19)25-23(26)22(16-7-5-4-6-8-16)24-18-11-14-20(28-2)21(15-18)29-3/h4-15,22,24H,1-3H3,(H,25,26). The molecular weight excluding hydrogens is 368 g/mol. The number of methoxy groups -OCH3 is 3. The molecule has 1 unspecified atom stereocenters. The number of carbonyl (C=O) groups is 1. The molecule has 3 rings (SSSR count). The van der Waals surface area contributed by atoms with Gasteiger partial charge >= 0.3 is 0 Å². The van der Waals surface area contributed by atoms with Gasteiger partial charge in [0.15, 0.2) is 11.5 Å². The average molecular weight is 392 g/mol. The Labute approximate surface area is 170 Å². The van der Waals surface area contributed by atoms with E-state index in [9.17, 15) is 4.79 Å². The fourth-order valence-corrected chi connectivity index (χ4v) is 2.93. The van der Waals surface area contributed by atoms with Gasteiger partial charge in [-0.05, 0) is 42.0 Å². The second-order valence-electron chi connectivity index (χ2n) is 6.28. The summed E-state index contributed by atoms with van der Waals surface area (Å²) in [6.45, 7) is 0. The minimum Gasteiger partial charge on any atom is -0.497 e. The first-order valence-corrected chi connectivity index (χ1v) is 9.13. The Bertz CT molecular complexity index is 943.